The second kappa shape index (κ2) is 6.60. The number of fused-ring (bicyclic) bond motifs is 1. The van der Waals surface area contributed by atoms with Crippen LogP contribution in [0.2, 0.25) is 0 Å². The third-order valence-electron chi connectivity index (χ3n) is 4.76. The number of nitrogens with one attached hydrogen (secondary N) is 1. The average Bonchev–Trinajstić information content (AvgIpc) is 3.34. The van der Waals surface area contributed by atoms with Gasteiger partial charge >= 0.3 is 0 Å². The van der Waals surface area contributed by atoms with Gasteiger partial charge in [0.25, 0.3) is 0 Å². The Morgan fingerprint density at radius 2 is 2.04 bits per heavy atom. The average molecular weight is 349 g/mol. The minimum Gasteiger partial charge on any atom is -0.369 e. The van der Waals surface area contributed by atoms with Crippen molar-refractivity contribution in [3.05, 3.63) is 60.4 Å². The van der Waals surface area contributed by atoms with Gasteiger partial charge in [0.1, 0.15) is 11.8 Å². The van der Waals surface area contributed by atoms with Gasteiger partial charge in [0.15, 0.2) is 0 Å². The summed E-state index contributed by atoms with van der Waals surface area (Å²) in [6, 6.07) is 13.9. The Balaban J connectivity index is 1.24. The molecule has 132 valence electrons. The van der Waals surface area contributed by atoms with Crippen LogP contribution in [0.25, 0.3) is 17.1 Å². The van der Waals surface area contributed by atoms with E-state index in [1.807, 2.05) is 36.5 Å². The highest BCUT2D eigenvalue weighted by molar-refractivity contribution is 5.52. The Morgan fingerprint density at radius 3 is 2.88 bits per heavy atom. The van der Waals surface area contributed by atoms with Crippen LogP contribution in [0, 0.1) is 0 Å². The van der Waals surface area contributed by atoms with Crippen LogP contribution in [0.15, 0.2) is 54.9 Å². The monoisotopic (exact) mass is 349 g/mol. The molecule has 3 atom stereocenters. The number of aromatic nitrogens is 4. The van der Waals surface area contributed by atoms with Crippen molar-refractivity contribution in [2.45, 2.75) is 24.9 Å². The Bertz CT molecular complexity index is 880. The van der Waals surface area contributed by atoms with E-state index in [2.05, 4.69) is 32.7 Å². The standard InChI is InChI=1S/C19H19N5O2/c1-2-8-21-15(3-1)16-11-24(23-22-16)14-6-4-13(5-7-14)12-25-17-9-20-10-18-19(17)26-18/h1-8,11,17-20H,9-10,12H2/t17-,18-,19-/m0/s1. The van der Waals surface area contributed by atoms with E-state index in [1.54, 1.807) is 10.9 Å². The van der Waals surface area contributed by atoms with Crippen molar-refractivity contribution in [2.75, 3.05) is 13.1 Å². The number of hydrogen-bond acceptors (Lipinski definition) is 6. The third-order valence-corrected chi connectivity index (χ3v) is 4.76. The van der Waals surface area contributed by atoms with Crippen LogP contribution in [-0.4, -0.2) is 51.4 Å². The summed E-state index contributed by atoms with van der Waals surface area (Å²) < 4.78 is 13.3. The van der Waals surface area contributed by atoms with Crippen LogP contribution < -0.4 is 5.32 Å². The quantitative estimate of drug-likeness (QED) is 0.705. The normalized spacial score (nSPS) is 24.2. The molecule has 26 heavy (non-hydrogen) atoms. The van der Waals surface area contributed by atoms with Gasteiger partial charge in [-0.15, -0.1) is 5.10 Å². The highest BCUT2D eigenvalue weighted by atomic mass is 16.6. The fraction of sp³-hybridized carbons (Fsp3) is 0.316. The zero-order chi connectivity index (χ0) is 17.3. The summed E-state index contributed by atoms with van der Waals surface area (Å²) in [5, 5.41) is 11.7. The molecule has 0 saturated carbocycles. The van der Waals surface area contributed by atoms with Crippen molar-refractivity contribution in [1.29, 1.82) is 0 Å². The van der Waals surface area contributed by atoms with Crippen molar-refractivity contribution in [3.8, 4) is 17.1 Å². The van der Waals surface area contributed by atoms with E-state index < -0.39 is 0 Å². The summed E-state index contributed by atoms with van der Waals surface area (Å²) in [6.07, 6.45) is 4.39. The molecule has 7 nitrogen and oxygen atoms in total. The smallest absolute Gasteiger partial charge is 0.131 e. The first-order chi connectivity index (χ1) is 12.9. The molecule has 0 amide bonds. The number of nitrogens with zero attached hydrogens (tertiary/aromatic N) is 4. The van der Waals surface area contributed by atoms with Crippen molar-refractivity contribution in [1.82, 2.24) is 25.3 Å². The molecule has 2 fully saturated rings. The highest BCUT2D eigenvalue weighted by Crippen LogP contribution is 2.29. The van der Waals surface area contributed by atoms with Crippen LogP contribution in [0.5, 0.6) is 0 Å². The molecule has 3 aromatic rings. The molecule has 0 bridgehead atoms. The zero-order valence-electron chi connectivity index (χ0n) is 14.2. The van der Waals surface area contributed by atoms with Crippen LogP contribution >= 0.6 is 0 Å². The van der Waals surface area contributed by atoms with Crippen molar-refractivity contribution >= 4 is 0 Å². The molecule has 0 radical (unpaired) electrons. The molecular weight excluding hydrogens is 330 g/mol. The summed E-state index contributed by atoms with van der Waals surface area (Å²) in [5.74, 6) is 0. The Labute approximate surface area is 151 Å². The van der Waals surface area contributed by atoms with Crippen molar-refractivity contribution in [3.63, 3.8) is 0 Å². The van der Waals surface area contributed by atoms with Gasteiger partial charge in [-0.25, -0.2) is 4.68 Å². The minimum absolute atomic E-state index is 0.143. The molecular formula is C19H19N5O2. The van der Waals surface area contributed by atoms with Crippen molar-refractivity contribution in [2.24, 2.45) is 0 Å². The summed E-state index contributed by atoms with van der Waals surface area (Å²) in [6.45, 7) is 2.38. The molecule has 1 aromatic carbocycles. The predicted molar refractivity (Wildman–Crippen MR) is 94.7 cm³/mol. The zero-order valence-corrected chi connectivity index (χ0v) is 14.2. The first-order valence-corrected chi connectivity index (χ1v) is 8.78. The molecule has 2 aliphatic heterocycles. The number of benzene rings is 1. The van der Waals surface area contributed by atoms with E-state index in [1.165, 1.54) is 0 Å². The molecule has 2 aromatic heterocycles. The van der Waals surface area contributed by atoms with Gasteiger partial charge in [-0.2, -0.15) is 0 Å². The molecule has 0 aliphatic carbocycles. The van der Waals surface area contributed by atoms with Gasteiger partial charge in [0.05, 0.1) is 36.4 Å². The number of hydrogen-bond donors (Lipinski definition) is 1. The number of piperidine rings is 1. The Morgan fingerprint density at radius 1 is 1.12 bits per heavy atom. The summed E-state index contributed by atoms with van der Waals surface area (Å²) in [4.78, 5) is 4.30. The van der Waals surface area contributed by atoms with E-state index in [0.29, 0.717) is 12.7 Å². The Kier molecular flexibility index (Phi) is 3.97. The molecule has 0 spiro atoms. The molecule has 2 aliphatic rings. The largest absolute Gasteiger partial charge is 0.369 e. The van der Waals surface area contributed by atoms with Crippen LogP contribution in [-0.2, 0) is 16.1 Å². The molecule has 2 saturated heterocycles. The van der Waals surface area contributed by atoms with Crippen LogP contribution in [0.4, 0.5) is 0 Å². The maximum atomic E-state index is 6.00. The van der Waals surface area contributed by atoms with Gasteiger partial charge in [-0.05, 0) is 29.8 Å². The number of ether oxygens (including phenoxy) is 2. The molecule has 0 unspecified atom stereocenters. The number of epoxide rings is 1. The fourth-order valence-electron chi connectivity index (χ4n) is 3.26. The summed E-state index contributed by atoms with van der Waals surface area (Å²) in [7, 11) is 0. The molecule has 4 heterocycles. The van der Waals surface area contributed by atoms with E-state index in [9.17, 15) is 0 Å². The van der Waals surface area contributed by atoms with Gasteiger partial charge < -0.3 is 14.8 Å². The van der Waals surface area contributed by atoms with Crippen LogP contribution in [0.1, 0.15) is 5.56 Å². The molecule has 1 N–H and O–H groups in total. The van der Waals surface area contributed by atoms with Gasteiger partial charge in [0, 0.05) is 19.3 Å². The lowest BCUT2D eigenvalue weighted by Gasteiger charge is -2.20. The van der Waals surface area contributed by atoms with E-state index in [-0.39, 0.29) is 12.2 Å². The second-order valence-electron chi connectivity index (χ2n) is 6.58. The minimum atomic E-state index is 0.143. The first-order valence-electron chi connectivity index (χ1n) is 8.78. The maximum Gasteiger partial charge on any atom is 0.131 e. The lowest BCUT2D eigenvalue weighted by molar-refractivity contribution is 0.0211. The lowest BCUT2D eigenvalue weighted by Crippen LogP contribution is -2.41. The summed E-state index contributed by atoms with van der Waals surface area (Å²) in [5.41, 5.74) is 3.64. The second-order valence-corrected chi connectivity index (χ2v) is 6.58. The SMILES string of the molecule is c1ccc(-c2cn(-c3ccc(CO[C@H]4CNC[C@@H]5O[C@@H]45)cc3)nn2)nc1. The molecule has 5 rings (SSSR count). The summed E-state index contributed by atoms with van der Waals surface area (Å²) >= 11 is 0. The Hall–Kier alpha value is -2.61. The maximum absolute atomic E-state index is 6.00. The predicted octanol–water partition coefficient (Wildman–Crippen LogP) is 1.59. The highest BCUT2D eigenvalue weighted by Gasteiger charge is 2.48. The van der Waals surface area contributed by atoms with Crippen molar-refractivity contribution < 1.29 is 9.47 Å². The van der Waals surface area contributed by atoms with Gasteiger partial charge in [-0.3, -0.25) is 4.98 Å². The third kappa shape index (κ3) is 3.12. The molecule has 7 heteroatoms. The number of pyridine rings is 1. The topological polar surface area (TPSA) is 77.4 Å². The van der Waals surface area contributed by atoms with Crippen LogP contribution in [0.3, 0.4) is 0 Å². The van der Waals surface area contributed by atoms with Gasteiger partial charge in [-0.1, -0.05) is 23.4 Å². The van der Waals surface area contributed by atoms with E-state index in [4.69, 9.17) is 9.47 Å². The fourth-order valence-corrected chi connectivity index (χ4v) is 3.26. The first kappa shape index (κ1) is 15.6. The van der Waals surface area contributed by atoms with E-state index in [0.717, 1.165) is 35.7 Å². The number of rotatable bonds is 5. The van der Waals surface area contributed by atoms with E-state index >= 15 is 0 Å². The lowest BCUT2D eigenvalue weighted by atomic mass is 10.1. The van der Waals surface area contributed by atoms with Gasteiger partial charge in [0.2, 0.25) is 0 Å².